The van der Waals surface area contributed by atoms with Crippen LogP contribution in [0.5, 0.6) is 0 Å². The molecule has 0 aliphatic rings. The smallest absolute Gasteiger partial charge is 0.319 e. The number of carbonyl (C=O) groups excluding carboxylic acids is 1. The number of nitrogens with zero attached hydrogens (tertiary/aromatic N) is 4. The molecule has 7 nitrogen and oxygen atoms in total. The minimum absolute atomic E-state index is 0.0974. The van der Waals surface area contributed by atoms with Crippen molar-refractivity contribution in [1.29, 1.82) is 0 Å². The second kappa shape index (κ2) is 7.35. The van der Waals surface area contributed by atoms with Crippen molar-refractivity contribution in [1.82, 2.24) is 25.5 Å². The van der Waals surface area contributed by atoms with Gasteiger partial charge in [-0.15, -0.1) is 5.10 Å². The fourth-order valence-corrected chi connectivity index (χ4v) is 2.85. The van der Waals surface area contributed by atoms with Gasteiger partial charge in [-0.05, 0) is 67.4 Å². The maximum atomic E-state index is 12.4. The summed E-state index contributed by atoms with van der Waals surface area (Å²) in [6.45, 7) is 7.88. The number of carbonyl (C=O) groups is 1. The summed E-state index contributed by atoms with van der Waals surface area (Å²) in [7, 11) is 0. The molecule has 2 N–H and O–H groups in total. The van der Waals surface area contributed by atoms with Crippen LogP contribution in [0.2, 0.25) is 0 Å². The molecule has 0 bridgehead atoms. The van der Waals surface area contributed by atoms with Crippen molar-refractivity contribution in [3.05, 3.63) is 65.0 Å². The Hall–Kier alpha value is -3.22. The molecule has 3 rings (SSSR count). The lowest BCUT2D eigenvalue weighted by molar-refractivity contribution is 0.249. The molecule has 0 saturated carbocycles. The largest absolute Gasteiger partial charge is 0.331 e. The van der Waals surface area contributed by atoms with Crippen molar-refractivity contribution < 1.29 is 4.79 Å². The maximum absolute atomic E-state index is 12.4. The van der Waals surface area contributed by atoms with Crippen LogP contribution in [-0.2, 0) is 0 Å². The fraction of sp³-hybridized carbons (Fsp3) is 0.263. The van der Waals surface area contributed by atoms with E-state index in [0.29, 0.717) is 11.5 Å². The summed E-state index contributed by atoms with van der Waals surface area (Å²) in [5, 5.41) is 17.3. The van der Waals surface area contributed by atoms with Crippen LogP contribution in [0.25, 0.3) is 5.69 Å². The molecule has 0 fully saturated rings. The zero-order valence-corrected chi connectivity index (χ0v) is 15.3. The van der Waals surface area contributed by atoms with E-state index < -0.39 is 0 Å². The summed E-state index contributed by atoms with van der Waals surface area (Å²) >= 11 is 0. The highest BCUT2D eigenvalue weighted by Crippen LogP contribution is 2.19. The number of rotatable bonds is 4. The topological polar surface area (TPSA) is 84.7 Å². The van der Waals surface area contributed by atoms with Gasteiger partial charge in [0, 0.05) is 5.69 Å². The Kier molecular flexibility index (Phi) is 4.97. The van der Waals surface area contributed by atoms with Gasteiger partial charge in [0.2, 0.25) is 0 Å². The molecule has 3 aromatic rings. The first-order valence-electron chi connectivity index (χ1n) is 8.44. The molecule has 0 radical (unpaired) electrons. The van der Waals surface area contributed by atoms with Crippen LogP contribution in [-0.4, -0.2) is 26.2 Å². The lowest BCUT2D eigenvalue weighted by Crippen LogP contribution is -2.31. The summed E-state index contributed by atoms with van der Waals surface area (Å²) < 4.78 is 1.61. The first-order chi connectivity index (χ1) is 12.4. The van der Waals surface area contributed by atoms with Gasteiger partial charge in [-0.1, -0.05) is 29.8 Å². The minimum Gasteiger partial charge on any atom is -0.331 e. The second-order valence-electron chi connectivity index (χ2n) is 6.37. The summed E-state index contributed by atoms with van der Waals surface area (Å²) in [5.41, 5.74) is 4.89. The highest BCUT2D eigenvalue weighted by Gasteiger charge is 2.12. The molecule has 1 aromatic heterocycles. The predicted octanol–water partition coefficient (Wildman–Crippen LogP) is 3.47. The lowest BCUT2D eigenvalue weighted by Gasteiger charge is -2.18. The van der Waals surface area contributed by atoms with Gasteiger partial charge < -0.3 is 10.6 Å². The molecule has 1 atom stereocenters. The second-order valence-corrected chi connectivity index (χ2v) is 6.37. The summed E-state index contributed by atoms with van der Waals surface area (Å²) in [6.07, 6.45) is 0. The third kappa shape index (κ3) is 3.88. The van der Waals surface area contributed by atoms with E-state index in [1.165, 1.54) is 5.56 Å². The minimum atomic E-state index is -0.260. The molecule has 134 valence electrons. The number of hydrogen-bond donors (Lipinski definition) is 2. The third-order valence-corrected chi connectivity index (χ3v) is 4.22. The first kappa shape index (κ1) is 17.6. The summed E-state index contributed by atoms with van der Waals surface area (Å²) in [4.78, 5) is 12.4. The number of tetrazole rings is 1. The van der Waals surface area contributed by atoms with E-state index in [1.54, 1.807) is 4.68 Å². The SMILES string of the molecule is Cc1ccc(C)c([C@@H](C)NC(=O)Nc2cccc(-n3nnnc3C)c2)c1. The number of amides is 2. The average Bonchev–Trinajstić information content (AvgIpc) is 3.03. The van der Waals surface area contributed by atoms with Gasteiger partial charge in [-0.3, -0.25) is 0 Å². The van der Waals surface area contributed by atoms with Crippen LogP contribution in [0.4, 0.5) is 10.5 Å². The number of benzene rings is 2. The molecule has 0 unspecified atom stereocenters. The molecule has 1 heterocycles. The summed E-state index contributed by atoms with van der Waals surface area (Å²) in [5.74, 6) is 0.676. The molecule has 7 heteroatoms. The number of anilines is 1. The molecule has 26 heavy (non-hydrogen) atoms. The van der Waals surface area contributed by atoms with Crippen LogP contribution in [0.1, 0.15) is 35.5 Å². The molecular formula is C19H22N6O. The standard InChI is InChI=1S/C19H22N6O/c1-12-8-9-13(2)18(10-12)14(3)20-19(26)21-16-6-5-7-17(11-16)25-15(4)22-23-24-25/h5-11,14H,1-4H3,(H2,20,21,26)/t14-/m1/s1. The quantitative estimate of drug-likeness (QED) is 0.754. The highest BCUT2D eigenvalue weighted by atomic mass is 16.2. The van der Waals surface area contributed by atoms with Gasteiger partial charge >= 0.3 is 6.03 Å². The van der Waals surface area contributed by atoms with Crippen LogP contribution in [0.15, 0.2) is 42.5 Å². The van der Waals surface area contributed by atoms with Gasteiger partial charge in [-0.2, -0.15) is 4.68 Å². The normalized spacial score (nSPS) is 11.8. The van der Waals surface area contributed by atoms with Gasteiger partial charge in [0.25, 0.3) is 0 Å². The maximum Gasteiger partial charge on any atom is 0.319 e. The monoisotopic (exact) mass is 350 g/mol. The molecule has 0 saturated heterocycles. The van der Waals surface area contributed by atoms with Crippen molar-refractivity contribution >= 4 is 11.7 Å². The highest BCUT2D eigenvalue weighted by molar-refractivity contribution is 5.89. The van der Waals surface area contributed by atoms with Crippen LogP contribution >= 0.6 is 0 Å². The van der Waals surface area contributed by atoms with E-state index in [0.717, 1.165) is 16.8 Å². The van der Waals surface area contributed by atoms with Gasteiger partial charge in [0.05, 0.1) is 11.7 Å². The Balaban J connectivity index is 1.70. The van der Waals surface area contributed by atoms with E-state index >= 15 is 0 Å². The van der Waals surface area contributed by atoms with E-state index in [-0.39, 0.29) is 12.1 Å². The number of nitrogens with one attached hydrogen (secondary N) is 2. The zero-order chi connectivity index (χ0) is 18.7. The van der Waals surface area contributed by atoms with Crippen molar-refractivity contribution in [3.8, 4) is 5.69 Å². The van der Waals surface area contributed by atoms with Crippen molar-refractivity contribution in [2.24, 2.45) is 0 Å². The first-order valence-corrected chi connectivity index (χ1v) is 8.44. The Morgan fingerprint density at radius 2 is 1.92 bits per heavy atom. The molecule has 0 aliphatic carbocycles. The molecule has 2 amide bonds. The van der Waals surface area contributed by atoms with E-state index in [9.17, 15) is 4.79 Å². The molecule has 0 spiro atoms. The average molecular weight is 350 g/mol. The van der Waals surface area contributed by atoms with Gasteiger partial charge in [0.1, 0.15) is 0 Å². The van der Waals surface area contributed by atoms with Crippen molar-refractivity contribution in [2.45, 2.75) is 33.7 Å². The van der Waals surface area contributed by atoms with Crippen molar-refractivity contribution in [2.75, 3.05) is 5.32 Å². The molecule has 2 aromatic carbocycles. The van der Waals surface area contributed by atoms with Crippen LogP contribution in [0.3, 0.4) is 0 Å². The third-order valence-electron chi connectivity index (χ3n) is 4.22. The zero-order valence-electron chi connectivity index (χ0n) is 15.3. The Morgan fingerprint density at radius 3 is 2.65 bits per heavy atom. The lowest BCUT2D eigenvalue weighted by atomic mass is 10.0. The Morgan fingerprint density at radius 1 is 1.12 bits per heavy atom. The number of hydrogen-bond acceptors (Lipinski definition) is 4. The van der Waals surface area contributed by atoms with Crippen LogP contribution < -0.4 is 10.6 Å². The number of urea groups is 1. The van der Waals surface area contributed by atoms with E-state index in [1.807, 2.05) is 52.0 Å². The number of aryl methyl sites for hydroxylation is 3. The Labute approximate surface area is 152 Å². The fourth-order valence-electron chi connectivity index (χ4n) is 2.85. The number of aromatic nitrogens is 4. The molecular weight excluding hydrogens is 328 g/mol. The van der Waals surface area contributed by atoms with Gasteiger partial charge in [-0.25, -0.2) is 4.79 Å². The predicted molar refractivity (Wildman–Crippen MR) is 100 cm³/mol. The van der Waals surface area contributed by atoms with E-state index in [2.05, 4.69) is 44.4 Å². The summed E-state index contributed by atoms with van der Waals surface area (Å²) in [6, 6.07) is 13.3. The molecule has 0 aliphatic heterocycles. The van der Waals surface area contributed by atoms with Crippen molar-refractivity contribution in [3.63, 3.8) is 0 Å². The van der Waals surface area contributed by atoms with Crippen LogP contribution in [0, 0.1) is 20.8 Å². The Bertz CT molecular complexity index is 933. The van der Waals surface area contributed by atoms with Gasteiger partial charge in [0.15, 0.2) is 5.82 Å². The van der Waals surface area contributed by atoms with E-state index in [4.69, 9.17) is 0 Å².